The molecular weight excluding hydrogens is 304 g/mol. The molecule has 0 aliphatic rings. The van der Waals surface area contributed by atoms with Crippen molar-refractivity contribution in [2.24, 2.45) is 5.41 Å². The number of ether oxygens (including phenoxy) is 2. The number of hydrogen-bond donors (Lipinski definition) is 0. The Morgan fingerprint density at radius 3 is 2.24 bits per heavy atom. The number of rotatable bonds is 9. The van der Waals surface area contributed by atoms with Crippen molar-refractivity contribution in [3.05, 3.63) is 41.9 Å². The van der Waals surface area contributed by atoms with E-state index in [4.69, 9.17) is 21.1 Å². The van der Waals surface area contributed by atoms with E-state index in [0.29, 0.717) is 0 Å². The van der Waals surface area contributed by atoms with Crippen LogP contribution in [-0.2, 0) is 9.47 Å². The summed E-state index contributed by atoms with van der Waals surface area (Å²) in [4.78, 5) is 1.19. The first-order valence-electron chi connectivity index (χ1n) is 7.00. The summed E-state index contributed by atoms with van der Waals surface area (Å²) in [5.74, 6) is 0.863. The highest BCUT2D eigenvalue weighted by atomic mass is 35.5. The summed E-state index contributed by atoms with van der Waals surface area (Å²) in [6.07, 6.45) is 2.89. The molecule has 21 heavy (non-hydrogen) atoms. The topological polar surface area (TPSA) is 18.5 Å². The minimum absolute atomic E-state index is 0.0862. The minimum Gasteiger partial charge on any atom is -0.380 e. The average Bonchev–Trinajstić information content (AvgIpc) is 2.46. The van der Waals surface area contributed by atoms with E-state index in [2.05, 4.69) is 20.4 Å². The molecule has 0 aliphatic heterocycles. The SMILES string of the molecule is C=CCC(OC)C(C)(C)C(CSc1ccc(Cl)cc1)OC. The van der Waals surface area contributed by atoms with Gasteiger partial charge in [0.1, 0.15) is 0 Å². The molecule has 0 aromatic heterocycles. The molecule has 0 bridgehead atoms. The van der Waals surface area contributed by atoms with Crippen molar-refractivity contribution in [3.8, 4) is 0 Å². The van der Waals surface area contributed by atoms with Crippen molar-refractivity contribution >= 4 is 23.4 Å². The van der Waals surface area contributed by atoms with Crippen molar-refractivity contribution < 1.29 is 9.47 Å². The van der Waals surface area contributed by atoms with Gasteiger partial charge in [0.25, 0.3) is 0 Å². The van der Waals surface area contributed by atoms with Crippen molar-refractivity contribution in [1.82, 2.24) is 0 Å². The van der Waals surface area contributed by atoms with E-state index in [9.17, 15) is 0 Å². The van der Waals surface area contributed by atoms with E-state index in [1.165, 1.54) is 4.90 Å². The summed E-state index contributed by atoms with van der Waals surface area (Å²) in [7, 11) is 3.50. The van der Waals surface area contributed by atoms with Crippen LogP contribution >= 0.6 is 23.4 Å². The monoisotopic (exact) mass is 328 g/mol. The predicted molar refractivity (Wildman–Crippen MR) is 92.4 cm³/mol. The lowest BCUT2D eigenvalue weighted by Crippen LogP contribution is -2.43. The number of thioether (sulfide) groups is 1. The van der Waals surface area contributed by atoms with Gasteiger partial charge in [0.05, 0.1) is 12.2 Å². The summed E-state index contributed by atoms with van der Waals surface area (Å²) < 4.78 is 11.4. The Kier molecular flexibility index (Phi) is 7.82. The van der Waals surface area contributed by atoms with E-state index in [-0.39, 0.29) is 17.6 Å². The van der Waals surface area contributed by atoms with Crippen molar-refractivity contribution in [2.45, 2.75) is 37.4 Å². The number of halogens is 1. The molecule has 0 heterocycles. The summed E-state index contributed by atoms with van der Waals surface area (Å²) in [5, 5.41) is 0.758. The standard InChI is InChI=1S/C17H25ClO2S/c1-6-7-15(19-4)17(2,3)16(20-5)12-21-14-10-8-13(18)9-11-14/h6,8-11,15-16H,1,7,12H2,2-5H3. The van der Waals surface area contributed by atoms with E-state index in [0.717, 1.165) is 17.2 Å². The highest BCUT2D eigenvalue weighted by Gasteiger charge is 2.37. The Hall–Kier alpha value is -0.480. The van der Waals surface area contributed by atoms with Gasteiger partial charge in [-0.05, 0) is 30.7 Å². The van der Waals surface area contributed by atoms with Gasteiger partial charge in [-0.1, -0.05) is 31.5 Å². The molecule has 0 fully saturated rings. The molecule has 0 saturated carbocycles. The number of methoxy groups -OCH3 is 2. The number of benzene rings is 1. The molecule has 2 unspecified atom stereocenters. The van der Waals surface area contributed by atoms with Crippen LogP contribution in [0.3, 0.4) is 0 Å². The highest BCUT2D eigenvalue weighted by Crippen LogP contribution is 2.35. The van der Waals surface area contributed by atoms with Crippen LogP contribution in [0.25, 0.3) is 0 Å². The maximum Gasteiger partial charge on any atom is 0.0740 e. The smallest absolute Gasteiger partial charge is 0.0740 e. The zero-order valence-electron chi connectivity index (χ0n) is 13.3. The summed E-state index contributed by atoms with van der Waals surface area (Å²) in [6, 6.07) is 7.88. The largest absolute Gasteiger partial charge is 0.380 e. The van der Waals surface area contributed by atoms with E-state index in [1.807, 2.05) is 30.3 Å². The van der Waals surface area contributed by atoms with Crippen LogP contribution in [0.2, 0.25) is 5.02 Å². The minimum atomic E-state index is -0.100. The fraction of sp³-hybridized carbons (Fsp3) is 0.529. The van der Waals surface area contributed by atoms with Gasteiger partial charge >= 0.3 is 0 Å². The molecule has 0 aliphatic carbocycles. The van der Waals surface area contributed by atoms with Gasteiger partial charge in [-0.3, -0.25) is 0 Å². The maximum absolute atomic E-state index is 5.91. The summed E-state index contributed by atoms with van der Waals surface area (Å²) >= 11 is 7.68. The molecule has 1 rings (SSSR count). The molecule has 118 valence electrons. The fourth-order valence-electron chi connectivity index (χ4n) is 2.35. The van der Waals surface area contributed by atoms with Gasteiger partial charge < -0.3 is 9.47 Å². The molecule has 1 aromatic carbocycles. The zero-order chi connectivity index (χ0) is 15.9. The summed E-state index contributed by atoms with van der Waals surface area (Å²) in [6.45, 7) is 8.17. The molecule has 1 aromatic rings. The van der Waals surface area contributed by atoms with E-state index >= 15 is 0 Å². The first kappa shape index (κ1) is 18.6. The van der Waals surface area contributed by atoms with Gasteiger partial charge in [0.15, 0.2) is 0 Å². The predicted octanol–water partition coefficient (Wildman–Crippen LogP) is 5.06. The molecule has 0 spiro atoms. The molecule has 0 amide bonds. The van der Waals surface area contributed by atoms with Crippen LogP contribution in [0.5, 0.6) is 0 Å². The Bertz CT molecular complexity index is 431. The van der Waals surface area contributed by atoms with Crippen LogP contribution in [-0.4, -0.2) is 32.2 Å². The van der Waals surface area contributed by atoms with E-state index in [1.54, 1.807) is 26.0 Å². The zero-order valence-corrected chi connectivity index (χ0v) is 14.8. The average molecular weight is 329 g/mol. The Morgan fingerprint density at radius 2 is 1.76 bits per heavy atom. The molecule has 0 N–H and O–H groups in total. The van der Waals surface area contributed by atoms with Crippen molar-refractivity contribution in [1.29, 1.82) is 0 Å². The van der Waals surface area contributed by atoms with Gasteiger partial charge in [-0.15, -0.1) is 18.3 Å². The van der Waals surface area contributed by atoms with Crippen molar-refractivity contribution in [3.63, 3.8) is 0 Å². The summed E-state index contributed by atoms with van der Waals surface area (Å²) in [5.41, 5.74) is -0.100. The van der Waals surface area contributed by atoms with Crippen LogP contribution in [0, 0.1) is 5.41 Å². The van der Waals surface area contributed by atoms with Gasteiger partial charge in [0.2, 0.25) is 0 Å². The quantitative estimate of drug-likeness (QED) is 0.466. The first-order valence-corrected chi connectivity index (χ1v) is 8.36. The molecule has 2 atom stereocenters. The Labute approximate surface area is 137 Å². The fourth-order valence-corrected chi connectivity index (χ4v) is 3.72. The molecule has 0 saturated heterocycles. The van der Waals surface area contributed by atoms with Crippen LogP contribution in [0.4, 0.5) is 0 Å². The Balaban J connectivity index is 2.72. The highest BCUT2D eigenvalue weighted by molar-refractivity contribution is 7.99. The Morgan fingerprint density at radius 1 is 1.19 bits per heavy atom. The van der Waals surface area contributed by atoms with Crippen LogP contribution < -0.4 is 0 Å². The van der Waals surface area contributed by atoms with Gasteiger partial charge in [-0.25, -0.2) is 0 Å². The third-order valence-corrected chi connectivity index (χ3v) is 5.15. The molecule has 0 radical (unpaired) electrons. The van der Waals surface area contributed by atoms with E-state index < -0.39 is 0 Å². The molecule has 4 heteroatoms. The van der Waals surface area contributed by atoms with Gasteiger partial charge in [-0.2, -0.15) is 0 Å². The molecule has 2 nitrogen and oxygen atoms in total. The maximum atomic E-state index is 5.91. The lowest BCUT2D eigenvalue weighted by Gasteiger charge is -2.39. The first-order chi connectivity index (χ1) is 9.95. The van der Waals surface area contributed by atoms with Gasteiger partial charge in [0, 0.05) is 35.3 Å². The third kappa shape index (κ3) is 5.33. The molecular formula is C17H25ClO2S. The third-order valence-electron chi connectivity index (χ3n) is 3.82. The second-order valence-electron chi connectivity index (χ2n) is 5.56. The van der Waals surface area contributed by atoms with Crippen LogP contribution in [0.1, 0.15) is 20.3 Å². The lowest BCUT2D eigenvalue weighted by molar-refractivity contribution is -0.0723. The second kappa shape index (κ2) is 8.84. The number of hydrogen-bond acceptors (Lipinski definition) is 3. The lowest BCUT2D eigenvalue weighted by atomic mass is 9.79. The normalized spacial score (nSPS) is 14.7. The van der Waals surface area contributed by atoms with Crippen molar-refractivity contribution in [2.75, 3.05) is 20.0 Å². The second-order valence-corrected chi connectivity index (χ2v) is 7.09. The van der Waals surface area contributed by atoms with Crippen LogP contribution in [0.15, 0.2) is 41.8 Å².